The zero-order valence-corrected chi connectivity index (χ0v) is 18.3. The van der Waals surface area contributed by atoms with Crippen LogP contribution >= 0.6 is 0 Å². The molecule has 0 atom stereocenters. The summed E-state index contributed by atoms with van der Waals surface area (Å²) in [5.74, 6) is 1.52. The average Bonchev–Trinajstić information content (AvgIpc) is 2.88. The summed E-state index contributed by atoms with van der Waals surface area (Å²) >= 11 is 0. The lowest BCUT2D eigenvalue weighted by Gasteiger charge is -2.19. The number of rotatable bonds is 4. The van der Waals surface area contributed by atoms with Crippen molar-refractivity contribution in [3.8, 4) is 45.6 Å². The van der Waals surface area contributed by atoms with Crippen molar-refractivity contribution in [3.05, 3.63) is 90.5 Å². The highest BCUT2D eigenvalue weighted by Crippen LogP contribution is 2.48. The molecule has 4 nitrogen and oxygen atoms in total. The fraction of sp³-hybridized carbons (Fsp3) is 0.0690. The van der Waals surface area contributed by atoms with E-state index in [0.717, 1.165) is 32.8 Å². The summed E-state index contributed by atoms with van der Waals surface area (Å²) in [7, 11) is 3.26. The van der Waals surface area contributed by atoms with Gasteiger partial charge in [-0.3, -0.25) is 0 Å². The van der Waals surface area contributed by atoms with Crippen molar-refractivity contribution in [2.45, 2.75) is 0 Å². The Morgan fingerprint density at radius 1 is 0.697 bits per heavy atom. The first kappa shape index (κ1) is 20.4. The molecule has 5 rings (SSSR count). The van der Waals surface area contributed by atoms with Crippen LogP contribution in [0.15, 0.2) is 84.9 Å². The van der Waals surface area contributed by atoms with Gasteiger partial charge >= 0.3 is 0 Å². The number of ether oxygens (including phenoxy) is 2. The Balaban J connectivity index is 1.95. The van der Waals surface area contributed by atoms with Crippen LogP contribution in [0.5, 0.6) is 17.2 Å². The van der Waals surface area contributed by atoms with Gasteiger partial charge in [0, 0.05) is 16.3 Å². The van der Waals surface area contributed by atoms with Crippen LogP contribution < -0.4 is 9.47 Å². The summed E-state index contributed by atoms with van der Waals surface area (Å²) in [6.07, 6.45) is 0. The smallest absolute Gasteiger partial charge is 0.131 e. The van der Waals surface area contributed by atoms with Crippen LogP contribution in [0.1, 0.15) is 5.56 Å². The minimum Gasteiger partial charge on any atom is -0.507 e. The molecule has 0 saturated carbocycles. The van der Waals surface area contributed by atoms with Gasteiger partial charge in [0.2, 0.25) is 0 Å². The summed E-state index contributed by atoms with van der Waals surface area (Å²) in [4.78, 5) is 0. The van der Waals surface area contributed by atoms with Crippen molar-refractivity contribution in [2.24, 2.45) is 0 Å². The number of hydrogen-bond donors (Lipinski definition) is 1. The first-order valence-corrected chi connectivity index (χ1v) is 10.6. The van der Waals surface area contributed by atoms with Crippen molar-refractivity contribution in [1.82, 2.24) is 0 Å². The van der Waals surface area contributed by atoms with Gasteiger partial charge in [0.15, 0.2) is 0 Å². The summed E-state index contributed by atoms with van der Waals surface area (Å²) in [6, 6.07) is 29.1. The number of phenolic OH excluding ortho intramolecular Hbond substituents is 1. The number of fused-ring (bicyclic) bond motifs is 2. The van der Waals surface area contributed by atoms with Gasteiger partial charge in [0.25, 0.3) is 0 Å². The van der Waals surface area contributed by atoms with Gasteiger partial charge in [0.05, 0.1) is 31.4 Å². The van der Waals surface area contributed by atoms with Gasteiger partial charge in [-0.1, -0.05) is 60.7 Å². The molecular formula is C29H21NO3. The molecule has 0 saturated heterocycles. The van der Waals surface area contributed by atoms with E-state index in [1.807, 2.05) is 78.9 Å². The lowest BCUT2D eigenvalue weighted by atomic mass is 9.88. The molecule has 0 aliphatic heterocycles. The fourth-order valence-corrected chi connectivity index (χ4v) is 4.55. The molecule has 0 heterocycles. The molecular weight excluding hydrogens is 410 g/mol. The molecule has 0 aromatic heterocycles. The number of nitrogens with zero attached hydrogens (tertiary/aromatic N) is 1. The van der Waals surface area contributed by atoms with Crippen molar-refractivity contribution in [1.29, 1.82) is 5.26 Å². The number of methoxy groups -OCH3 is 2. The lowest BCUT2D eigenvalue weighted by molar-refractivity contribution is 0.397. The Kier molecular flexibility index (Phi) is 5.08. The molecule has 0 radical (unpaired) electrons. The van der Waals surface area contributed by atoms with E-state index in [-0.39, 0.29) is 5.75 Å². The Hall–Kier alpha value is -4.49. The Bertz CT molecular complexity index is 1540. The lowest BCUT2D eigenvalue weighted by Crippen LogP contribution is -1.95. The van der Waals surface area contributed by atoms with E-state index in [1.165, 1.54) is 0 Å². The molecule has 5 aromatic carbocycles. The minimum atomic E-state index is 0.170. The SMILES string of the molecule is COc1cccc(OC)c1-c1cc(-c2cccc3cccc(C#N)c23)c(O)c2ccccc12. The van der Waals surface area contributed by atoms with Crippen LogP contribution in [0.4, 0.5) is 0 Å². The number of hydrogen-bond acceptors (Lipinski definition) is 4. The topological polar surface area (TPSA) is 62.5 Å². The molecule has 0 aliphatic carbocycles. The third-order valence-electron chi connectivity index (χ3n) is 6.03. The van der Waals surface area contributed by atoms with Gasteiger partial charge in [-0.15, -0.1) is 0 Å². The standard InChI is InChI=1S/C29H21NO3/c1-32-25-14-7-15-26(33-2)28(25)23-16-24(29(31)22-12-4-3-11-20(22)23)21-13-6-9-18-8-5-10-19(17-30)27(18)21/h3-16,31H,1-2H3. The van der Waals surface area contributed by atoms with Crippen LogP contribution in [-0.2, 0) is 0 Å². The van der Waals surface area contributed by atoms with Gasteiger partial charge in [0.1, 0.15) is 17.2 Å². The van der Waals surface area contributed by atoms with Gasteiger partial charge < -0.3 is 14.6 Å². The third-order valence-corrected chi connectivity index (χ3v) is 6.03. The van der Waals surface area contributed by atoms with Gasteiger partial charge in [-0.05, 0) is 46.2 Å². The Morgan fingerprint density at radius 3 is 2.00 bits per heavy atom. The van der Waals surface area contributed by atoms with Gasteiger partial charge in [-0.2, -0.15) is 5.26 Å². The average molecular weight is 431 g/mol. The van der Waals surface area contributed by atoms with E-state index in [0.29, 0.717) is 28.0 Å². The first-order valence-electron chi connectivity index (χ1n) is 10.6. The van der Waals surface area contributed by atoms with Crippen LogP contribution in [-0.4, -0.2) is 19.3 Å². The van der Waals surface area contributed by atoms with E-state index >= 15 is 0 Å². The summed E-state index contributed by atoms with van der Waals surface area (Å²) in [5.41, 5.74) is 3.68. The van der Waals surface area contributed by atoms with E-state index in [1.54, 1.807) is 20.3 Å². The van der Waals surface area contributed by atoms with Gasteiger partial charge in [-0.25, -0.2) is 0 Å². The zero-order valence-electron chi connectivity index (χ0n) is 18.3. The largest absolute Gasteiger partial charge is 0.507 e. The molecule has 5 aromatic rings. The molecule has 1 N–H and O–H groups in total. The van der Waals surface area contributed by atoms with E-state index in [4.69, 9.17) is 9.47 Å². The highest BCUT2D eigenvalue weighted by Gasteiger charge is 2.21. The van der Waals surface area contributed by atoms with Crippen LogP contribution in [0.25, 0.3) is 43.8 Å². The van der Waals surface area contributed by atoms with E-state index < -0.39 is 0 Å². The summed E-state index contributed by atoms with van der Waals surface area (Å²) < 4.78 is 11.4. The van der Waals surface area contributed by atoms with Crippen molar-refractivity contribution in [2.75, 3.05) is 14.2 Å². The molecule has 0 fully saturated rings. The van der Waals surface area contributed by atoms with Crippen LogP contribution in [0, 0.1) is 11.3 Å². The van der Waals surface area contributed by atoms with Crippen LogP contribution in [0.3, 0.4) is 0 Å². The molecule has 0 unspecified atom stereocenters. The Labute approximate surface area is 191 Å². The highest BCUT2D eigenvalue weighted by molar-refractivity contribution is 6.10. The predicted molar refractivity (Wildman–Crippen MR) is 132 cm³/mol. The maximum Gasteiger partial charge on any atom is 0.131 e. The second-order valence-corrected chi connectivity index (χ2v) is 7.72. The predicted octanol–water partition coefficient (Wildman–Crippen LogP) is 6.92. The second-order valence-electron chi connectivity index (χ2n) is 7.72. The molecule has 0 spiro atoms. The minimum absolute atomic E-state index is 0.170. The molecule has 160 valence electrons. The molecule has 0 aliphatic rings. The number of benzene rings is 5. The molecule has 0 bridgehead atoms. The maximum absolute atomic E-state index is 11.4. The fourth-order valence-electron chi connectivity index (χ4n) is 4.55. The van der Waals surface area contributed by atoms with Crippen molar-refractivity contribution >= 4 is 21.5 Å². The third kappa shape index (κ3) is 3.22. The highest BCUT2D eigenvalue weighted by atomic mass is 16.5. The molecule has 0 amide bonds. The first-order chi connectivity index (χ1) is 16.2. The van der Waals surface area contributed by atoms with Crippen LogP contribution in [0.2, 0.25) is 0 Å². The van der Waals surface area contributed by atoms with E-state index in [2.05, 4.69) is 6.07 Å². The quantitative estimate of drug-likeness (QED) is 0.335. The maximum atomic E-state index is 11.4. The zero-order chi connectivity index (χ0) is 22.9. The summed E-state index contributed by atoms with van der Waals surface area (Å²) in [5, 5.41) is 24.5. The van der Waals surface area contributed by atoms with E-state index in [9.17, 15) is 10.4 Å². The monoisotopic (exact) mass is 431 g/mol. The Morgan fingerprint density at radius 2 is 1.33 bits per heavy atom. The summed E-state index contributed by atoms with van der Waals surface area (Å²) in [6.45, 7) is 0. The van der Waals surface area contributed by atoms with Crippen molar-refractivity contribution < 1.29 is 14.6 Å². The number of aromatic hydroxyl groups is 1. The normalized spacial score (nSPS) is 10.8. The number of phenols is 1. The number of nitriles is 1. The van der Waals surface area contributed by atoms with Crippen molar-refractivity contribution in [3.63, 3.8) is 0 Å². The molecule has 33 heavy (non-hydrogen) atoms. The molecule has 4 heteroatoms. The second kappa shape index (κ2) is 8.22.